The molecule has 1 aromatic carbocycles. The highest BCUT2D eigenvalue weighted by Crippen LogP contribution is 2.60. The van der Waals surface area contributed by atoms with Crippen molar-refractivity contribution in [2.45, 2.75) is 13.8 Å². The fourth-order valence-corrected chi connectivity index (χ4v) is 4.19. The predicted octanol–water partition coefficient (Wildman–Crippen LogP) is 6.18. The van der Waals surface area contributed by atoms with Crippen LogP contribution < -0.4 is 5.32 Å². The van der Waals surface area contributed by atoms with E-state index in [0.717, 1.165) is 5.56 Å². The molecule has 1 amide bonds. The molecule has 0 bridgehead atoms. The van der Waals surface area contributed by atoms with Crippen LogP contribution >= 0.6 is 34.8 Å². The van der Waals surface area contributed by atoms with E-state index >= 15 is 0 Å². The molecule has 1 aliphatic rings. The van der Waals surface area contributed by atoms with Gasteiger partial charge in [0, 0.05) is 11.8 Å². The molecule has 0 saturated heterocycles. The summed E-state index contributed by atoms with van der Waals surface area (Å²) in [6.07, 6.45) is 3.48. The summed E-state index contributed by atoms with van der Waals surface area (Å²) in [7, 11) is 0. The van der Waals surface area contributed by atoms with Crippen molar-refractivity contribution in [3.05, 3.63) is 64.3 Å². The summed E-state index contributed by atoms with van der Waals surface area (Å²) in [6, 6.07) is 13.3. The van der Waals surface area contributed by atoms with Crippen molar-refractivity contribution in [3.63, 3.8) is 0 Å². The molecule has 28 heavy (non-hydrogen) atoms. The smallest absolute Gasteiger partial charge is 0.229 e. The topological polar surface area (TPSA) is 46.4 Å². The number of hydrogen-bond acceptors (Lipinski definition) is 2. The normalized spacial score (nSPS) is 20.0. The molecule has 1 aliphatic carbocycles. The van der Waals surface area contributed by atoms with E-state index in [9.17, 15) is 4.79 Å². The minimum Gasteiger partial charge on any atom is -0.310 e. The number of carbonyl (C=O) groups is 1. The molecule has 0 radical (unpaired) electrons. The van der Waals surface area contributed by atoms with E-state index in [1.54, 1.807) is 22.7 Å². The van der Waals surface area contributed by atoms with E-state index in [2.05, 4.69) is 5.32 Å². The minimum atomic E-state index is -0.228. The molecule has 4 rings (SSSR count). The monoisotopic (exact) mass is 433 g/mol. The minimum absolute atomic E-state index is 0.0135. The third-order valence-corrected chi connectivity index (χ3v) is 5.85. The standard InChI is InChI=1S/C21H18Cl3N3O/c1-21(2)14(10-15(23)24)17(21)20(28)26-19-18(12-6-4-3-5-7-12)25-16-9-8-13(22)11-27(16)19/h3-11,14,17H,1-2H3,(H,26,28)/t14-,17+/m1/s1. The first-order chi connectivity index (χ1) is 13.3. The lowest BCUT2D eigenvalue weighted by Crippen LogP contribution is -2.18. The first-order valence-corrected chi connectivity index (χ1v) is 9.99. The van der Waals surface area contributed by atoms with Crippen LogP contribution in [0, 0.1) is 17.3 Å². The summed E-state index contributed by atoms with van der Waals surface area (Å²) < 4.78 is 1.98. The van der Waals surface area contributed by atoms with Gasteiger partial charge in [-0.25, -0.2) is 4.98 Å². The Hall–Kier alpha value is -2.01. The van der Waals surface area contributed by atoms with Crippen molar-refractivity contribution in [1.29, 1.82) is 0 Å². The van der Waals surface area contributed by atoms with Crippen molar-refractivity contribution in [2.75, 3.05) is 5.32 Å². The number of imidazole rings is 1. The first-order valence-electron chi connectivity index (χ1n) is 8.86. The van der Waals surface area contributed by atoms with Crippen molar-refractivity contribution < 1.29 is 4.79 Å². The van der Waals surface area contributed by atoms with Crippen LogP contribution in [0.1, 0.15) is 13.8 Å². The molecule has 1 saturated carbocycles. The van der Waals surface area contributed by atoms with E-state index in [4.69, 9.17) is 39.8 Å². The number of benzene rings is 1. The number of nitrogens with zero attached hydrogens (tertiary/aromatic N) is 2. The van der Waals surface area contributed by atoms with Crippen LogP contribution in [-0.2, 0) is 4.79 Å². The van der Waals surface area contributed by atoms with Crippen molar-refractivity contribution in [2.24, 2.45) is 17.3 Å². The molecule has 2 atom stereocenters. The van der Waals surface area contributed by atoms with Gasteiger partial charge in [0.25, 0.3) is 0 Å². The van der Waals surface area contributed by atoms with Gasteiger partial charge in [-0.2, -0.15) is 0 Å². The van der Waals surface area contributed by atoms with E-state index < -0.39 is 0 Å². The van der Waals surface area contributed by atoms with Crippen LogP contribution in [-0.4, -0.2) is 15.3 Å². The maximum absolute atomic E-state index is 13.1. The number of fused-ring (bicyclic) bond motifs is 1. The third-order valence-electron chi connectivity index (χ3n) is 5.37. The Kier molecular flexibility index (Phi) is 4.90. The lowest BCUT2D eigenvalue weighted by atomic mass is 10.1. The Morgan fingerprint density at radius 2 is 1.89 bits per heavy atom. The first kappa shape index (κ1) is 19.3. The number of pyridine rings is 1. The molecule has 4 nitrogen and oxygen atoms in total. The number of allylic oxidation sites excluding steroid dienone is 1. The zero-order valence-corrected chi connectivity index (χ0v) is 17.6. The van der Waals surface area contributed by atoms with Crippen LogP contribution in [0.2, 0.25) is 5.02 Å². The third kappa shape index (κ3) is 3.41. The number of halogens is 3. The molecule has 1 fully saturated rings. The maximum Gasteiger partial charge on any atom is 0.229 e. The molecule has 1 N–H and O–H groups in total. The number of amides is 1. The second-order valence-corrected chi connectivity index (χ2v) is 8.97. The number of aromatic nitrogens is 2. The quantitative estimate of drug-likeness (QED) is 0.532. The van der Waals surface area contributed by atoms with E-state index in [1.807, 2.05) is 50.2 Å². The molecule has 7 heteroatoms. The second kappa shape index (κ2) is 7.11. The van der Waals surface area contributed by atoms with Gasteiger partial charge in [-0.15, -0.1) is 0 Å². The molecule has 2 aromatic heterocycles. The van der Waals surface area contributed by atoms with E-state index in [0.29, 0.717) is 22.2 Å². The van der Waals surface area contributed by atoms with Crippen LogP contribution in [0.15, 0.2) is 59.2 Å². The average Bonchev–Trinajstić information content (AvgIpc) is 3.01. The summed E-state index contributed by atoms with van der Waals surface area (Å²) in [5.41, 5.74) is 2.09. The van der Waals surface area contributed by atoms with Crippen molar-refractivity contribution in [3.8, 4) is 11.3 Å². The van der Waals surface area contributed by atoms with Crippen LogP contribution in [0.4, 0.5) is 5.82 Å². The Balaban J connectivity index is 1.75. The zero-order valence-electron chi connectivity index (χ0n) is 15.3. The number of nitrogens with one attached hydrogen (secondary N) is 1. The summed E-state index contributed by atoms with van der Waals surface area (Å²) >= 11 is 17.8. The summed E-state index contributed by atoms with van der Waals surface area (Å²) in [5.74, 6) is 0.254. The van der Waals surface area contributed by atoms with Gasteiger partial charge in [0.1, 0.15) is 21.7 Å². The zero-order chi connectivity index (χ0) is 20.1. The second-order valence-electron chi connectivity index (χ2n) is 7.52. The molecule has 0 aliphatic heterocycles. The van der Waals surface area contributed by atoms with Crippen LogP contribution in [0.3, 0.4) is 0 Å². The highest BCUT2D eigenvalue weighted by Gasteiger charge is 2.60. The fraction of sp³-hybridized carbons (Fsp3) is 0.238. The van der Waals surface area contributed by atoms with Gasteiger partial charge in [-0.05, 0) is 29.5 Å². The van der Waals surface area contributed by atoms with Gasteiger partial charge in [0.2, 0.25) is 5.91 Å². The Labute approximate surface area is 178 Å². The van der Waals surface area contributed by atoms with Crippen molar-refractivity contribution in [1.82, 2.24) is 9.38 Å². The van der Waals surface area contributed by atoms with Gasteiger partial charge >= 0.3 is 0 Å². The van der Waals surface area contributed by atoms with Crippen molar-refractivity contribution >= 4 is 52.2 Å². The summed E-state index contributed by atoms with van der Waals surface area (Å²) in [5, 5.41) is 3.62. The lowest BCUT2D eigenvalue weighted by molar-refractivity contribution is -0.118. The molecule has 3 aromatic rings. The predicted molar refractivity (Wildman–Crippen MR) is 115 cm³/mol. The van der Waals surface area contributed by atoms with Crippen LogP contribution in [0.5, 0.6) is 0 Å². The van der Waals surface area contributed by atoms with Gasteiger partial charge in [0.05, 0.1) is 10.9 Å². The van der Waals surface area contributed by atoms with Gasteiger partial charge in [-0.1, -0.05) is 79.0 Å². The highest BCUT2D eigenvalue weighted by atomic mass is 35.5. The lowest BCUT2D eigenvalue weighted by Gasteiger charge is -2.09. The number of anilines is 1. The highest BCUT2D eigenvalue weighted by molar-refractivity contribution is 6.55. The molecular formula is C21H18Cl3N3O. The molecule has 0 unspecified atom stereocenters. The fourth-order valence-electron chi connectivity index (χ4n) is 3.76. The largest absolute Gasteiger partial charge is 0.310 e. The van der Waals surface area contributed by atoms with E-state index in [-0.39, 0.29) is 27.6 Å². The average molecular weight is 435 g/mol. The Morgan fingerprint density at radius 1 is 1.18 bits per heavy atom. The molecular weight excluding hydrogens is 417 g/mol. The van der Waals surface area contributed by atoms with Gasteiger partial charge in [0.15, 0.2) is 0 Å². The number of carbonyl (C=O) groups excluding carboxylic acids is 1. The van der Waals surface area contributed by atoms with Gasteiger partial charge in [-0.3, -0.25) is 9.20 Å². The Morgan fingerprint density at radius 3 is 2.57 bits per heavy atom. The molecule has 2 heterocycles. The molecule has 0 spiro atoms. The number of rotatable bonds is 4. The molecule has 144 valence electrons. The maximum atomic E-state index is 13.1. The van der Waals surface area contributed by atoms with E-state index in [1.165, 1.54) is 0 Å². The van der Waals surface area contributed by atoms with Gasteiger partial charge < -0.3 is 5.32 Å². The van der Waals surface area contributed by atoms with Crippen LogP contribution in [0.25, 0.3) is 16.9 Å². The Bertz CT molecular complexity index is 1080. The number of hydrogen-bond donors (Lipinski definition) is 1. The summed E-state index contributed by atoms with van der Waals surface area (Å²) in [4.78, 5) is 17.8. The SMILES string of the molecule is CC1(C)[C@H](C=C(Cl)Cl)[C@H]1C(=O)Nc1c(-c2ccccc2)nc2ccc(Cl)cn12. The summed E-state index contributed by atoms with van der Waals surface area (Å²) in [6.45, 7) is 4.05.